The lowest BCUT2D eigenvalue weighted by Gasteiger charge is -2.22. The molecule has 4 amide bonds. The van der Waals surface area contributed by atoms with Crippen molar-refractivity contribution in [1.29, 1.82) is 0 Å². The number of halogens is 4. The van der Waals surface area contributed by atoms with Gasteiger partial charge >= 0.3 is 0 Å². The molecule has 376 valence electrons. The number of carbonyl (C=O) groups is 4. The maximum atomic E-state index is 11.9. The first-order valence-corrected chi connectivity index (χ1v) is 25.3. The number of aryl methyl sites for hydroxylation is 3. The molecular formula is C60H64Cl4N4O4. The Hall–Kier alpha value is -5.12. The molecule has 0 aromatic heterocycles. The zero-order valence-electron chi connectivity index (χ0n) is 55.3. The molecule has 4 unspecified atom stereocenters. The molecule has 8 aliphatic rings. The smallest absolute Gasteiger partial charge is 0.224 e. The summed E-state index contributed by atoms with van der Waals surface area (Å²) in [5.41, 5.74) is 35.4. The molecule has 4 atom stereocenters. The minimum atomic E-state index is -2.18. The van der Waals surface area contributed by atoms with E-state index in [1.54, 1.807) is 19.9 Å². The van der Waals surface area contributed by atoms with E-state index in [1.807, 2.05) is 32.0 Å². The van der Waals surface area contributed by atoms with Crippen LogP contribution in [0.5, 0.6) is 0 Å². The van der Waals surface area contributed by atoms with Crippen LogP contribution >= 0.6 is 46.4 Å². The van der Waals surface area contributed by atoms with Crippen molar-refractivity contribution >= 4 is 92.3 Å². The van der Waals surface area contributed by atoms with Crippen LogP contribution in [0.3, 0.4) is 0 Å². The monoisotopic (exact) mass is 1060 g/mol. The molecule has 0 saturated carbocycles. The van der Waals surface area contributed by atoms with E-state index in [2.05, 4.69) is 0 Å². The molecule has 8 N–H and O–H groups in total. The fourth-order valence-corrected chi connectivity index (χ4v) is 12.0. The summed E-state index contributed by atoms with van der Waals surface area (Å²) < 4.78 is 123. The molecule has 4 aromatic rings. The number of rotatable bonds is 4. The number of nitrogens with two attached hydrogens (primary N) is 4. The summed E-state index contributed by atoms with van der Waals surface area (Å²) in [5.74, 6) is -10.1. The van der Waals surface area contributed by atoms with E-state index < -0.39 is 60.9 Å². The lowest BCUT2D eigenvalue weighted by Crippen LogP contribution is -2.27. The van der Waals surface area contributed by atoms with Gasteiger partial charge in [-0.1, -0.05) is 58.5 Å². The standard InChI is InChI=1S/4C15H16ClNO/c2*1-8-5-9-6-13-10(12(9)7-14(8)16)3-2-4-11(13)15(17)18;2*1-8-5-9(16)6-13-10-3-2-4-11(15(17)18)14(10)7-12(8)13/h2*5,7,11H,2-4,6H2,1H3,(H2,17,18);2*5-6,11H,2-4,7H2,1H3,(H2,17,18)/i4D2,5D,7D,11D;4D2,7D,11D;4D2,6D,11D;3D2. The largest absolute Gasteiger partial charge is 0.369 e. The quantitative estimate of drug-likeness (QED) is 0.159. The van der Waals surface area contributed by atoms with Crippen LogP contribution in [0.1, 0.15) is 164 Å². The second kappa shape index (κ2) is 21.0. The van der Waals surface area contributed by atoms with Crippen molar-refractivity contribution in [3.63, 3.8) is 0 Å². The molecule has 0 radical (unpaired) electrons. The molecule has 4 aromatic carbocycles. The number of primary amides is 4. The van der Waals surface area contributed by atoms with Gasteiger partial charge in [-0.3, -0.25) is 19.2 Å². The van der Waals surface area contributed by atoms with Crippen molar-refractivity contribution in [2.24, 2.45) is 46.5 Å². The van der Waals surface area contributed by atoms with Gasteiger partial charge in [-0.25, -0.2) is 0 Å². The van der Waals surface area contributed by atoms with Gasteiger partial charge in [0.1, 0.15) is 0 Å². The molecule has 0 bridgehead atoms. The minimum absolute atomic E-state index is 0.0304. The molecule has 8 aliphatic carbocycles. The predicted molar refractivity (Wildman–Crippen MR) is 293 cm³/mol. The number of hydrogen-bond acceptors (Lipinski definition) is 4. The van der Waals surface area contributed by atoms with E-state index >= 15 is 0 Å². The van der Waals surface area contributed by atoms with E-state index in [-0.39, 0.29) is 85.1 Å². The summed E-state index contributed by atoms with van der Waals surface area (Å²) in [7, 11) is 0. The lowest BCUT2D eigenvalue weighted by molar-refractivity contribution is -0.121. The van der Waals surface area contributed by atoms with Crippen molar-refractivity contribution in [3.05, 3.63) is 158 Å². The molecular weight excluding hydrogens is 982 g/mol. The highest BCUT2D eigenvalue weighted by molar-refractivity contribution is 6.32. The number of benzene rings is 4. The van der Waals surface area contributed by atoms with Crippen LogP contribution in [0.25, 0.3) is 22.3 Å². The van der Waals surface area contributed by atoms with Crippen molar-refractivity contribution in [1.82, 2.24) is 0 Å². The van der Waals surface area contributed by atoms with E-state index in [9.17, 15) is 19.2 Å². The Labute approximate surface area is 464 Å². The number of amides is 4. The Bertz CT molecular complexity index is 3920. The topological polar surface area (TPSA) is 172 Å². The SMILES string of the molecule is [2H]C1([2H])CCC(C(N)=O)C2=C1c1cc(Cl)cc(C)c1C2.[2H]c1c(C)c(Cl)c([2H])c2c1CC1=C2CCC([2H])([2H])C1([2H])C(N)=O.[2H]c1c(Cl)c(C)cc2c1C1=C(C2)C([2H])(C(N)=O)C([2H])([2H])CC1.[2H]c1c(Cl)cc(C)c2c1C1=C(C2)C([2H])(C(N)=O)C([2H])([2H])CC1. The van der Waals surface area contributed by atoms with Crippen LogP contribution in [0.15, 0.2) is 70.7 Å². The van der Waals surface area contributed by atoms with Gasteiger partial charge in [-0.05, 0) is 278 Å². The number of allylic oxidation sites excluding steroid dienone is 4. The van der Waals surface area contributed by atoms with Crippen LogP contribution in [0.2, 0.25) is 20.1 Å². The Morgan fingerprint density at radius 1 is 0.500 bits per heavy atom. The Morgan fingerprint density at radius 2 is 0.972 bits per heavy atom. The predicted octanol–water partition coefficient (Wildman–Crippen LogP) is 13.0. The molecule has 0 fully saturated rings. The molecule has 12 rings (SSSR count). The fraction of sp³-hybridized carbons (Fsp3) is 0.400. The third-order valence-electron chi connectivity index (χ3n) is 14.5. The Kier molecular flexibility index (Phi) is 10.5. The molecule has 0 heterocycles. The average molecular weight is 1060 g/mol. The Balaban J connectivity index is 0.000000138. The highest BCUT2D eigenvalue weighted by atomic mass is 35.5. The maximum Gasteiger partial charge on any atom is 0.224 e. The highest BCUT2D eigenvalue weighted by Gasteiger charge is 2.37. The third kappa shape index (κ3) is 9.98. The number of carbonyl (C=O) groups excluding carboxylic acids is 4. The van der Waals surface area contributed by atoms with Gasteiger partial charge in [0.05, 0.1) is 29.1 Å². The van der Waals surface area contributed by atoms with Gasteiger partial charge in [-0.2, -0.15) is 0 Å². The maximum absolute atomic E-state index is 11.9. The van der Waals surface area contributed by atoms with Crippen molar-refractivity contribution in [2.75, 3.05) is 0 Å². The van der Waals surface area contributed by atoms with Gasteiger partial charge in [0.2, 0.25) is 23.6 Å². The first-order chi connectivity index (χ1) is 40.1. The number of hydrogen-bond donors (Lipinski definition) is 4. The summed E-state index contributed by atoms with van der Waals surface area (Å²) in [5, 5.41) is 1.47. The summed E-state index contributed by atoms with van der Waals surface area (Å²) in [6.45, 7) is 7.30. The lowest BCUT2D eigenvalue weighted by atomic mass is 9.82. The van der Waals surface area contributed by atoms with E-state index in [4.69, 9.17) is 89.9 Å². The summed E-state index contributed by atoms with van der Waals surface area (Å²) >= 11 is 24.5. The fourth-order valence-electron chi connectivity index (χ4n) is 11.1. The van der Waals surface area contributed by atoms with Crippen molar-refractivity contribution in [2.45, 2.75) is 130 Å². The van der Waals surface area contributed by atoms with E-state index in [0.29, 0.717) is 115 Å². The molecule has 0 spiro atoms. The van der Waals surface area contributed by atoms with Gasteiger partial charge in [0.15, 0.2) is 0 Å². The Morgan fingerprint density at radius 3 is 1.53 bits per heavy atom. The second-order valence-corrected chi connectivity index (χ2v) is 20.6. The van der Waals surface area contributed by atoms with Crippen LogP contribution in [0, 0.1) is 51.3 Å². The van der Waals surface area contributed by atoms with E-state index in [0.717, 1.165) is 44.5 Å². The summed E-state index contributed by atoms with van der Waals surface area (Å²) in [6, 6.07) is 7.88. The molecule has 0 saturated heterocycles. The van der Waals surface area contributed by atoms with Crippen molar-refractivity contribution < 1.29 is 39.7 Å². The number of fused-ring (bicyclic) bond motifs is 8. The normalized spacial score (nSPS) is 30.7. The van der Waals surface area contributed by atoms with Crippen LogP contribution in [-0.4, -0.2) is 23.6 Å². The van der Waals surface area contributed by atoms with Crippen LogP contribution in [0.4, 0.5) is 0 Å². The third-order valence-corrected chi connectivity index (χ3v) is 15.7. The van der Waals surface area contributed by atoms with Crippen LogP contribution < -0.4 is 22.9 Å². The molecule has 0 aliphatic heterocycles. The molecule has 72 heavy (non-hydrogen) atoms. The minimum Gasteiger partial charge on any atom is -0.369 e. The zero-order chi connectivity index (χ0) is 64.9. The zero-order valence-corrected chi connectivity index (χ0v) is 43.4. The second-order valence-electron chi connectivity index (χ2n) is 19.0. The first-order valence-electron chi connectivity index (χ1n) is 31.3. The van der Waals surface area contributed by atoms with E-state index in [1.165, 1.54) is 0 Å². The van der Waals surface area contributed by atoms with Gasteiger partial charge in [0, 0.05) is 35.2 Å². The molecule has 12 heteroatoms. The first kappa shape index (κ1) is 35.9. The molecule has 8 nitrogen and oxygen atoms in total. The van der Waals surface area contributed by atoms with Crippen LogP contribution in [-0.2, 0) is 44.9 Å². The van der Waals surface area contributed by atoms with Crippen molar-refractivity contribution in [3.8, 4) is 0 Å². The van der Waals surface area contributed by atoms with Gasteiger partial charge < -0.3 is 22.9 Å². The summed E-state index contributed by atoms with van der Waals surface area (Å²) in [4.78, 5) is 47.4. The average Bonchev–Trinajstić information content (AvgIpc) is 1.65. The van der Waals surface area contributed by atoms with Gasteiger partial charge in [-0.15, -0.1) is 0 Å². The highest BCUT2D eigenvalue weighted by Crippen LogP contribution is 2.49. The summed E-state index contributed by atoms with van der Waals surface area (Å²) in [6.07, 6.45) is -4.34. The van der Waals surface area contributed by atoms with Gasteiger partial charge in [0.25, 0.3) is 0 Å².